The lowest BCUT2D eigenvalue weighted by Gasteiger charge is -2.09. The number of carbonyl (C=O) groups is 1. The highest BCUT2D eigenvalue weighted by molar-refractivity contribution is 7.13. The van der Waals surface area contributed by atoms with Crippen LogP contribution in [0.25, 0.3) is 0 Å². The molecular weight excluding hydrogens is 314 g/mol. The number of ether oxygens (including phenoxy) is 2. The highest BCUT2D eigenvalue weighted by Crippen LogP contribution is 2.14. The van der Waals surface area contributed by atoms with Gasteiger partial charge in [-0.05, 0) is 50.6 Å². The van der Waals surface area contributed by atoms with Crippen LogP contribution in [0.15, 0.2) is 34.7 Å². The predicted molar refractivity (Wildman–Crippen MR) is 91.2 cm³/mol. The summed E-state index contributed by atoms with van der Waals surface area (Å²) >= 11 is 1.50. The van der Waals surface area contributed by atoms with E-state index in [1.165, 1.54) is 11.3 Å². The Morgan fingerprint density at radius 3 is 2.74 bits per heavy atom. The third-order valence-electron chi connectivity index (χ3n) is 2.60. The Balaban J connectivity index is 1.81. The van der Waals surface area contributed by atoms with Gasteiger partial charge >= 0.3 is 5.97 Å². The summed E-state index contributed by atoms with van der Waals surface area (Å²) in [4.78, 5) is 15.6. The molecule has 122 valence electrons. The van der Waals surface area contributed by atoms with Crippen molar-refractivity contribution in [2.45, 2.75) is 26.9 Å². The van der Waals surface area contributed by atoms with Crippen molar-refractivity contribution >= 4 is 28.7 Å². The predicted octanol–water partition coefficient (Wildman–Crippen LogP) is 3.23. The van der Waals surface area contributed by atoms with Crippen LogP contribution in [0.5, 0.6) is 5.75 Å². The average Bonchev–Trinajstić information content (AvgIpc) is 2.91. The Morgan fingerprint density at radius 2 is 2.13 bits per heavy atom. The Bertz CT molecular complexity index is 665. The van der Waals surface area contributed by atoms with E-state index in [0.29, 0.717) is 5.75 Å². The molecule has 1 aromatic carbocycles. The first-order chi connectivity index (χ1) is 11.0. The van der Waals surface area contributed by atoms with Crippen LogP contribution in [0.1, 0.15) is 25.1 Å². The lowest BCUT2D eigenvalue weighted by molar-refractivity contribution is -0.149. The number of esters is 1. The minimum atomic E-state index is -0.381. The fourth-order valence-corrected chi connectivity index (χ4v) is 2.29. The van der Waals surface area contributed by atoms with Gasteiger partial charge in [-0.3, -0.25) is 5.43 Å². The first-order valence-corrected chi connectivity index (χ1v) is 8.04. The van der Waals surface area contributed by atoms with Crippen molar-refractivity contribution in [3.8, 4) is 5.75 Å². The van der Waals surface area contributed by atoms with Crippen LogP contribution in [-0.4, -0.2) is 29.9 Å². The number of nitrogens with one attached hydrogen (secondary N) is 1. The molecule has 0 saturated carbocycles. The van der Waals surface area contributed by atoms with E-state index in [4.69, 9.17) is 9.47 Å². The minimum absolute atomic E-state index is 0.101. The van der Waals surface area contributed by atoms with Crippen molar-refractivity contribution in [2.24, 2.45) is 5.10 Å². The molecule has 2 rings (SSSR count). The summed E-state index contributed by atoms with van der Waals surface area (Å²) in [6.07, 6.45) is 1.55. The fraction of sp³-hybridized carbons (Fsp3) is 0.312. The monoisotopic (exact) mass is 333 g/mol. The van der Waals surface area contributed by atoms with E-state index in [0.717, 1.165) is 16.4 Å². The summed E-state index contributed by atoms with van der Waals surface area (Å²) in [5, 5.41) is 6.82. The first kappa shape index (κ1) is 17.0. The topological polar surface area (TPSA) is 72.8 Å². The Kier molecular flexibility index (Phi) is 6.10. The smallest absolute Gasteiger partial charge is 0.344 e. The molecule has 1 heterocycles. The molecule has 7 heteroatoms. The van der Waals surface area contributed by atoms with Crippen molar-refractivity contribution in [2.75, 3.05) is 12.0 Å². The summed E-state index contributed by atoms with van der Waals surface area (Å²) in [5.74, 6) is 0.222. The van der Waals surface area contributed by atoms with E-state index in [1.54, 1.807) is 32.2 Å². The molecule has 0 amide bonds. The van der Waals surface area contributed by atoms with Crippen molar-refractivity contribution in [3.05, 3.63) is 40.9 Å². The molecule has 1 N–H and O–H groups in total. The largest absolute Gasteiger partial charge is 0.482 e. The maximum absolute atomic E-state index is 11.4. The molecule has 6 nitrogen and oxygen atoms in total. The second-order valence-corrected chi connectivity index (χ2v) is 5.92. The standard InChI is InChI=1S/C16H19N3O3S/c1-11(2)22-15(20)9-21-14-6-4-13(5-7-14)8-17-19-16-18-12(3)10-23-16/h4-8,10-11H,9H2,1-3H3,(H,18,19). The molecule has 0 atom stereocenters. The van der Waals surface area contributed by atoms with Gasteiger partial charge < -0.3 is 9.47 Å². The SMILES string of the molecule is Cc1csc(NN=Cc2ccc(OCC(=O)OC(C)C)cc2)n1. The molecule has 0 aliphatic rings. The summed E-state index contributed by atoms with van der Waals surface area (Å²) < 4.78 is 10.4. The number of aromatic nitrogens is 1. The number of benzene rings is 1. The molecule has 0 bridgehead atoms. The molecule has 0 unspecified atom stereocenters. The third-order valence-corrected chi connectivity index (χ3v) is 3.46. The Hall–Kier alpha value is -2.41. The number of nitrogens with zero attached hydrogens (tertiary/aromatic N) is 2. The van der Waals surface area contributed by atoms with Crippen molar-refractivity contribution in [1.82, 2.24) is 4.98 Å². The van der Waals surface area contributed by atoms with E-state index < -0.39 is 0 Å². The number of aryl methyl sites for hydroxylation is 1. The van der Waals surface area contributed by atoms with Crippen molar-refractivity contribution < 1.29 is 14.3 Å². The van der Waals surface area contributed by atoms with Gasteiger partial charge in [0.25, 0.3) is 0 Å². The summed E-state index contributed by atoms with van der Waals surface area (Å²) in [5.41, 5.74) is 4.74. The second kappa shape index (κ2) is 8.28. The van der Waals surface area contributed by atoms with Gasteiger partial charge in [-0.1, -0.05) is 0 Å². The van der Waals surface area contributed by atoms with Crippen LogP contribution in [0.3, 0.4) is 0 Å². The van der Waals surface area contributed by atoms with Crippen molar-refractivity contribution in [1.29, 1.82) is 0 Å². The molecule has 0 spiro atoms. The van der Waals surface area contributed by atoms with E-state index in [-0.39, 0.29) is 18.7 Å². The zero-order valence-electron chi connectivity index (χ0n) is 13.3. The lowest BCUT2D eigenvalue weighted by atomic mass is 10.2. The van der Waals surface area contributed by atoms with E-state index in [1.807, 2.05) is 24.4 Å². The van der Waals surface area contributed by atoms with Crippen LogP contribution < -0.4 is 10.2 Å². The van der Waals surface area contributed by atoms with Crippen LogP contribution in [0.2, 0.25) is 0 Å². The highest BCUT2D eigenvalue weighted by Gasteiger charge is 2.06. The Morgan fingerprint density at radius 1 is 1.39 bits per heavy atom. The molecule has 2 aromatic rings. The zero-order valence-corrected chi connectivity index (χ0v) is 14.1. The normalized spacial score (nSPS) is 11.0. The second-order valence-electron chi connectivity index (χ2n) is 5.06. The van der Waals surface area contributed by atoms with Gasteiger partial charge in [-0.25, -0.2) is 9.78 Å². The van der Waals surface area contributed by atoms with Gasteiger partial charge in [0.2, 0.25) is 5.13 Å². The van der Waals surface area contributed by atoms with Gasteiger partial charge in [0, 0.05) is 5.38 Å². The quantitative estimate of drug-likeness (QED) is 0.478. The van der Waals surface area contributed by atoms with E-state index >= 15 is 0 Å². The van der Waals surface area contributed by atoms with Crippen LogP contribution in [0.4, 0.5) is 5.13 Å². The lowest BCUT2D eigenvalue weighted by Crippen LogP contribution is -2.18. The van der Waals surface area contributed by atoms with Crippen LogP contribution in [-0.2, 0) is 9.53 Å². The number of rotatable bonds is 7. The van der Waals surface area contributed by atoms with Gasteiger partial charge in [0.05, 0.1) is 18.0 Å². The van der Waals surface area contributed by atoms with Crippen LogP contribution in [0, 0.1) is 6.92 Å². The van der Waals surface area contributed by atoms with Crippen molar-refractivity contribution in [3.63, 3.8) is 0 Å². The molecule has 0 saturated heterocycles. The molecule has 0 fully saturated rings. The molecule has 1 aromatic heterocycles. The molecule has 0 radical (unpaired) electrons. The number of carbonyl (C=O) groups excluding carboxylic acids is 1. The van der Waals surface area contributed by atoms with E-state index in [9.17, 15) is 4.79 Å². The summed E-state index contributed by atoms with van der Waals surface area (Å²) in [6.45, 7) is 5.43. The highest BCUT2D eigenvalue weighted by atomic mass is 32.1. The Labute approximate surface area is 139 Å². The maximum atomic E-state index is 11.4. The number of anilines is 1. The van der Waals surface area contributed by atoms with Gasteiger partial charge in [-0.15, -0.1) is 11.3 Å². The summed E-state index contributed by atoms with van der Waals surface area (Å²) in [6, 6.07) is 7.25. The molecule has 0 aliphatic heterocycles. The average molecular weight is 333 g/mol. The number of hydrogen-bond acceptors (Lipinski definition) is 7. The number of hydrazone groups is 1. The molecular formula is C16H19N3O3S. The third kappa shape index (κ3) is 6.07. The minimum Gasteiger partial charge on any atom is -0.482 e. The van der Waals surface area contributed by atoms with Gasteiger partial charge in [-0.2, -0.15) is 5.10 Å². The van der Waals surface area contributed by atoms with Gasteiger partial charge in [0.15, 0.2) is 6.61 Å². The molecule has 23 heavy (non-hydrogen) atoms. The van der Waals surface area contributed by atoms with E-state index in [2.05, 4.69) is 15.5 Å². The number of hydrogen-bond donors (Lipinski definition) is 1. The fourth-order valence-electron chi connectivity index (χ4n) is 1.66. The summed E-state index contributed by atoms with van der Waals surface area (Å²) in [7, 11) is 0. The van der Waals surface area contributed by atoms with Gasteiger partial charge in [0.1, 0.15) is 5.75 Å². The first-order valence-electron chi connectivity index (χ1n) is 7.16. The zero-order chi connectivity index (χ0) is 16.7. The maximum Gasteiger partial charge on any atom is 0.344 e. The molecule has 0 aliphatic carbocycles. The van der Waals surface area contributed by atoms with Crippen LogP contribution >= 0.6 is 11.3 Å². The number of thiazole rings is 1.